The molecule has 0 aliphatic heterocycles. The van der Waals surface area contributed by atoms with Gasteiger partial charge in [-0.15, -0.1) is 0 Å². The maximum Gasteiger partial charge on any atom is 0.200 e. The molecule has 4 aromatic rings. The summed E-state index contributed by atoms with van der Waals surface area (Å²) in [6.07, 6.45) is 1.33. The third-order valence-electron chi connectivity index (χ3n) is 7.43. The van der Waals surface area contributed by atoms with E-state index in [9.17, 15) is 30.3 Å². The molecule has 43 heavy (non-hydrogen) atoms. The summed E-state index contributed by atoms with van der Waals surface area (Å²) in [6, 6.07) is 24.5. The van der Waals surface area contributed by atoms with Crippen LogP contribution in [0.3, 0.4) is 0 Å². The molecule has 0 aliphatic carbocycles. The summed E-state index contributed by atoms with van der Waals surface area (Å²) in [5.41, 5.74) is 3.31. The van der Waals surface area contributed by atoms with Gasteiger partial charge in [-0.3, -0.25) is 4.79 Å². The van der Waals surface area contributed by atoms with Gasteiger partial charge >= 0.3 is 0 Å². The summed E-state index contributed by atoms with van der Waals surface area (Å²) < 4.78 is 11.0. The largest absolute Gasteiger partial charge is 0.508 e. The van der Waals surface area contributed by atoms with Crippen LogP contribution in [0.15, 0.2) is 84.9 Å². The van der Waals surface area contributed by atoms with Crippen molar-refractivity contribution in [2.24, 2.45) is 0 Å². The number of methoxy groups -OCH3 is 1. The van der Waals surface area contributed by atoms with Gasteiger partial charge in [-0.2, -0.15) is 0 Å². The van der Waals surface area contributed by atoms with E-state index < -0.39 is 11.9 Å². The van der Waals surface area contributed by atoms with Gasteiger partial charge in [0.15, 0.2) is 23.0 Å². The zero-order valence-corrected chi connectivity index (χ0v) is 24.1. The number of aliphatic hydroxyl groups is 1. The second-order valence-electron chi connectivity index (χ2n) is 10.7. The van der Waals surface area contributed by atoms with Crippen LogP contribution in [-0.2, 0) is 24.2 Å². The fraction of sp³-hybridized carbons (Fsp3) is 0.286. The minimum absolute atomic E-state index is 0.0258. The molecule has 0 aliphatic rings. The van der Waals surface area contributed by atoms with Crippen molar-refractivity contribution >= 4 is 5.78 Å². The Balaban J connectivity index is 1.46. The van der Waals surface area contributed by atoms with Crippen LogP contribution in [0.5, 0.6) is 34.5 Å². The third-order valence-corrected chi connectivity index (χ3v) is 7.43. The second-order valence-corrected chi connectivity index (χ2v) is 10.7. The molecule has 8 nitrogen and oxygen atoms in total. The molecule has 0 spiro atoms. The quantitative estimate of drug-likeness (QED) is 0.105. The van der Waals surface area contributed by atoms with Gasteiger partial charge in [0.2, 0.25) is 5.75 Å². The fourth-order valence-corrected chi connectivity index (χ4v) is 5.11. The van der Waals surface area contributed by atoms with Crippen molar-refractivity contribution < 1.29 is 39.8 Å². The number of aromatic hydroxyl groups is 4. The lowest BCUT2D eigenvalue weighted by molar-refractivity contribution is -0.121. The van der Waals surface area contributed by atoms with Crippen LogP contribution in [0.4, 0.5) is 0 Å². The Morgan fingerprint density at radius 2 is 1.53 bits per heavy atom. The Labute approximate surface area is 251 Å². The molecule has 226 valence electrons. The first kappa shape index (κ1) is 31.3. The van der Waals surface area contributed by atoms with Crippen molar-refractivity contribution in [3.63, 3.8) is 0 Å². The molecule has 0 saturated heterocycles. The number of aliphatic hydroxyl groups excluding tert-OH is 1. The maximum absolute atomic E-state index is 12.8. The molecule has 0 fully saturated rings. The van der Waals surface area contributed by atoms with Crippen LogP contribution >= 0.6 is 0 Å². The van der Waals surface area contributed by atoms with Crippen molar-refractivity contribution in [1.82, 2.24) is 0 Å². The summed E-state index contributed by atoms with van der Waals surface area (Å²) in [4.78, 5) is 12.8. The van der Waals surface area contributed by atoms with E-state index in [0.29, 0.717) is 36.1 Å². The molecule has 8 heteroatoms. The van der Waals surface area contributed by atoms with Gasteiger partial charge < -0.3 is 35.0 Å². The van der Waals surface area contributed by atoms with E-state index in [1.165, 1.54) is 19.2 Å². The Bertz CT molecular complexity index is 1500. The number of rotatable bonds is 15. The highest BCUT2D eigenvalue weighted by Gasteiger charge is 2.22. The number of aryl methyl sites for hydroxylation is 2. The van der Waals surface area contributed by atoms with Crippen LogP contribution in [0.2, 0.25) is 0 Å². The summed E-state index contributed by atoms with van der Waals surface area (Å²) in [5, 5.41) is 51.6. The molecule has 0 radical (unpaired) electrons. The Morgan fingerprint density at radius 3 is 2.28 bits per heavy atom. The lowest BCUT2D eigenvalue weighted by atomic mass is 9.86. The topological polar surface area (TPSA) is 137 Å². The molecule has 4 aromatic carbocycles. The monoisotopic (exact) mass is 586 g/mol. The fourth-order valence-electron chi connectivity index (χ4n) is 5.11. The van der Waals surface area contributed by atoms with Gasteiger partial charge in [-0.05, 0) is 90.3 Å². The van der Waals surface area contributed by atoms with E-state index in [-0.39, 0.29) is 60.6 Å². The molecular formula is C35H38O8. The summed E-state index contributed by atoms with van der Waals surface area (Å²) >= 11 is 0. The Hall–Kier alpha value is -4.69. The van der Waals surface area contributed by atoms with Gasteiger partial charge in [0, 0.05) is 12.8 Å². The molecule has 2 unspecified atom stereocenters. The number of carbonyl (C=O) groups is 1. The van der Waals surface area contributed by atoms with Gasteiger partial charge in [0.1, 0.15) is 18.1 Å². The maximum atomic E-state index is 12.8. The van der Waals surface area contributed by atoms with Gasteiger partial charge in [-0.1, -0.05) is 48.5 Å². The zero-order valence-electron chi connectivity index (χ0n) is 24.1. The van der Waals surface area contributed by atoms with Gasteiger partial charge in [0.05, 0.1) is 13.2 Å². The van der Waals surface area contributed by atoms with Crippen molar-refractivity contribution in [1.29, 1.82) is 0 Å². The lowest BCUT2D eigenvalue weighted by Gasteiger charge is -2.22. The minimum Gasteiger partial charge on any atom is -0.508 e. The Kier molecular flexibility index (Phi) is 10.9. The predicted molar refractivity (Wildman–Crippen MR) is 163 cm³/mol. The van der Waals surface area contributed by atoms with E-state index >= 15 is 0 Å². The molecule has 0 bridgehead atoms. The Morgan fingerprint density at radius 1 is 0.767 bits per heavy atom. The van der Waals surface area contributed by atoms with Crippen LogP contribution in [0.25, 0.3) is 0 Å². The van der Waals surface area contributed by atoms with Crippen LogP contribution < -0.4 is 9.47 Å². The smallest absolute Gasteiger partial charge is 0.200 e. The number of Topliss-reactive ketones (excluding diaryl/α,β-unsaturated/α-hetero) is 1. The first-order chi connectivity index (χ1) is 20.7. The van der Waals surface area contributed by atoms with Crippen LogP contribution in [0, 0.1) is 0 Å². The number of phenols is 4. The molecule has 0 saturated carbocycles. The predicted octanol–water partition coefficient (Wildman–Crippen LogP) is 6.16. The average molecular weight is 587 g/mol. The minimum atomic E-state index is -0.921. The molecule has 0 heterocycles. The van der Waals surface area contributed by atoms with Crippen molar-refractivity contribution in [2.75, 3.05) is 7.11 Å². The molecular weight excluding hydrogens is 548 g/mol. The highest BCUT2D eigenvalue weighted by Crippen LogP contribution is 2.41. The van der Waals surface area contributed by atoms with Crippen LogP contribution in [-0.4, -0.2) is 44.5 Å². The summed E-state index contributed by atoms with van der Waals surface area (Å²) in [7, 11) is 1.46. The average Bonchev–Trinajstić information content (AvgIpc) is 3.00. The van der Waals surface area contributed by atoms with Gasteiger partial charge in [-0.25, -0.2) is 0 Å². The van der Waals surface area contributed by atoms with Crippen LogP contribution in [0.1, 0.15) is 53.9 Å². The first-order valence-electron chi connectivity index (χ1n) is 14.3. The number of hydrogen-bond donors (Lipinski definition) is 5. The standard InChI is InChI=1S/C35H38O8/c1-42-33-17-24(12-15-31(33)39)11-14-29(37)21-30(38)18-26(13-10-23-6-3-2-4-7-23)27-19-32(40)35(41)34(20-27)43-22-25-8-5-9-28(36)16-25/h2-9,12,15-17,19-20,26,30,36,38-41H,10-11,13-14,18,21-22H2,1H3. The number of carbonyl (C=O) groups excluding carboxylic acids is 1. The van der Waals surface area contributed by atoms with E-state index in [2.05, 4.69) is 0 Å². The van der Waals surface area contributed by atoms with Gasteiger partial charge in [0.25, 0.3) is 0 Å². The summed E-state index contributed by atoms with van der Waals surface area (Å²) in [5.74, 6) is -0.539. The highest BCUT2D eigenvalue weighted by atomic mass is 16.5. The molecule has 2 atom stereocenters. The number of phenolic OH excluding ortho intramolecular Hbond substituents is 4. The van der Waals surface area contributed by atoms with E-state index in [4.69, 9.17) is 9.47 Å². The van der Waals surface area contributed by atoms with E-state index in [1.54, 1.807) is 42.5 Å². The molecule has 0 amide bonds. The third kappa shape index (κ3) is 9.15. The first-order valence-corrected chi connectivity index (χ1v) is 14.3. The zero-order chi connectivity index (χ0) is 30.8. The molecule has 0 aromatic heterocycles. The number of ketones is 1. The van der Waals surface area contributed by atoms with E-state index in [0.717, 1.165) is 11.1 Å². The van der Waals surface area contributed by atoms with Crippen molar-refractivity contribution in [2.45, 2.75) is 57.2 Å². The number of ether oxygens (including phenoxy) is 2. The molecule has 4 rings (SSSR count). The SMILES string of the molecule is COc1cc(CCC(=O)CC(O)CC(CCc2ccccc2)c2cc(O)c(O)c(OCc3cccc(O)c3)c2)ccc1O. The van der Waals surface area contributed by atoms with Crippen molar-refractivity contribution in [3.05, 3.63) is 107 Å². The number of benzene rings is 4. The normalized spacial score (nSPS) is 12.4. The molecule has 5 N–H and O–H groups in total. The lowest BCUT2D eigenvalue weighted by Crippen LogP contribution is -2.18. The summed E-state index contributed by atoms with van der Waals surface area (Å²) in [6.45, 7) is 0.0591. The number of hydrogen-bond acceptors (Lipinski definition) is 8. The van der Waals surface area contributed by atoms with E-state index in [1.807, 2.05) is 30.3 Å². The highest BCUT2D eigenvalue weighted by molar-refractivity contribution is 5.79. The second kappa shape index (κ2) is 15.0. The van der Waals surface area contributed by atoms with Crippen molar-refractivity contribution in [3.8, 4) is 34.5 Å².